The Bertz CT molecular complexity index is 1680. The number of carbonyl (C=O) groups excluding carboxylic acids is 1. The van der Waals surface area contributed by atoms with E-state index in [1.165, 1.54) is 0 Å². The molecule has 1 aliphatic carbocycles. The summed E-state index contributed by atoms with van der Waals surface area (Å²) in [6.45, 7) is 8.37. The molecule has 3 aromatic carbocycles. The van der Waals surface area contributed by atoms with E-state index in [2.05, 4.69) is 26.0 Å². The molecule has 1 aliphatic heterocycles. The Morgan fingerprint density at radius 2 is 1.76 bits per heavy atom. The number of ether oxygens (including phenoxy) is 1. The minimum atomic E-state index is -0.633. The molecule has 0 aromatic heterocycles. The third-order valence-electron chi connectivity index (χ3n) is 7.78. The second-order valence-corrected chi connectivity index (χ2v) is 12.6. The van der Waals surface area contributed by atoms with Crippen molar-refractivity contribution in [3.8, 4) is 11.8 Å². The lowest BCUT2D eigenvalue weighted by atomic mass is 9.68. The summed E-state index contributed by atoms with van der Waals surface area (Å²) in [5.41, 5.74) is 12.3. The number of benzene rings is 3. The Kier molecular flexibility index (Phi) is 7.87. The molecule has 0 fully saturated rings. The van der Waals surface area contributed by atoms with Gasteiger partial charge >= 0.3 is 0 Å². The van der Waals surface area contributed by atoms with Crippen molar-refractivity contribution in [1.29, 1.82) is 5.26 Å². The molecule has 5 nitrogen and oxygen atoms in total. The van der Waals surface area contributed by atoms with Crippen LogP contribution in [0.4, 0.5) is 5.69 Å². The number of anilines is 1. The number of hydrogen-bond acceptors (Lipinski definition) is 5. The molecule has 0 saturated carbocycles. The fraction of sp³-hybridized carbons (Fsp3) is 0.273. The molecule has 8 heteroatoms. The standard InChI is InChI=1S/C33H30Cl3N3O2/c1-18-12-20(17-41-28-11-6-5-8-23(28)34)19(2)21(13-18)29-22(16-37)32(38)39(25-10-7-9-24(35)31(25)36)26-14-33(3,4)15-27(40)30(26)29/h5-13,29H,14-15,17,38H2,1-4H3. The van der Waals surface area contributed by atoms with Gasteiger partial charge in [-0.05, 0) is 66.6 Å². The molecule has 1 heterocycles. The molecule has 1 unspecified atom stereocenters. The number of halogens is 3. The number of para-hydroxylation sites is 1. The Morgan fingerprint density at radius 1 is 1.05 bits per heavy atom. The first-order valence-corrected chi connectivity index (χ1v) is 14.4. The second-order valence-electron chi connectivity index (χ2n) is 11.4. The Balaban J connectivity index is 1.70. The van der Waals surface area contributed by atoms with Crippen molar-refractivity contribution in [3.05, 3.63) is 115 Å². The summed E-state index contributed by atoms with van der Waals surface area (Å²) in [6, 6.07) is 19.0. The monoisotopic (exact) mass is 605 g/mol. The zero-order valence-corrected chi connectivity index (χ0v) is 25.6. The highest BCUT2D eigenvalue weighted by Crippen LogP contribution is 2.52. The quantitative estimate of drug-likeness (QED) is 0.314. The van der Waals surface area contributed by atoms with Gasteiger partial charge in [-0.3, -0.25) is 9.69 Å². The number of nitrogens with two attached hydrogens (primary N) is 1. The number of allylic oxidation sites excluding steroid dienone is 3. The summed E-state index contributed by atoms with van der Waals surface area (Å²) in [6.07, 6.45) is 0.922. The average Bonchev–Trinajstić information content (AvgIpc) is 2.90. The fourth-order valence-corrected chi connectivity index (χ4v) is 6.46. The first-order chi connectivity index (χ1) is 19.4. The van der Waals surface area contributed by atoms with E-state index in [1.54, 1.807) is 29.2 Å². The van der Waals surface area contributed by atoms with Gasteiger partial charge < -0.3 is 10.5 Å². The second kappa shape index (κ2) is 11.1. The summed E-state index contributed by atoms with van der Waals surface area (Å²) in [7, 11) is 0. The largest absolute Gasteiger partial charge is 0.487 e. The third kappa shape index (κ3) is 5.33. The Morgan fingerprint density at radius 3 is 2.46 bits per heavy atom. The number of carbonyl (C=O) groups is 1. The van der Waals surface area contributed by atoms with Crippen LogP contribution in [0.2, 0.25) is 15.1 Å². The number of rotatable bonds is 5. The molecule has 0 bridgehead atoms. The molecular formula is C33H30Cl3N3O2. The molecule has 5 rings (SSSR count). The van der Waals surface area contributed by atoms with E-state index in [1.807, 2.05) is 38.1 Å². The van der Waals surface area contributed by atoms with Crippen molar-refractivity contribution in [1.82, 2.24) is 0 Å². The number of Topliss-reactive ketones (excluding diaryl/α,β-unsaturated/α-hetero) is 1. The van der Waals surface area contributed by atoms with Gasteiger partial charge in [-0.1, -0.05) is 84.5 Å². The molecule has 0 amide bonds. The van der Waals surface area contributed by atoms with Crippen molar-refractivity contribution in [2.75, 3.05) is 4.90 Å². The molecule has 0 saturated heterocycles. The van der Waals surface area contributed by atoms with E-state index < -0.39 is 5.92 Å². The van der Waals surface area contributed by atoms with Crippen LogP contribution in [0.5, 0.6) is 5.75 Å². The van der Waals surface area contributed by atoms with E-state index in [4.69, 9.17) is 45.3 Å². The van der Waals surface area contributed by atoms with Gasteiger partial charge in [0.25, 0.3) is 0 Å². The summed E-state index contributed by atoms with van der Waals surface area (Å²) >= 11 is 19.4. The molecule has 41 heavy (non-hydrogen) atoms. The highest BCUT2D eigenvalue weighted by Gasteiger charge is 2.45. The zero-order valence-electron chi connectivity index (χ0n) is 23.3. The zero-order chi connectivity index (χ0) is 29.6. The number of ketones is 1. The SMILES string of the molecule is Cc1cc(COc2ccccc2Cl)c(C)c(C2C(C#N)=C(N)N(c3cccc(Cl)c3Cl)C3=C2C(=O)CC(C)(C)C3)c1. The van der Waals surface area contributed by atoms with Gasteiger partial charge in [0.05, 0.1) is 38.3 Å². The van der Waals surface area contributed by atoms with E-state index in [-0.39, 0.29) is 23.6 Å². The van der Waals surface area contributed by atoms with Crippen molar-refractivity contribution in [2.45, 2.75) is 53.1 Å². The lowest BCUT2D eigenvalue weighted by Crippen LogP contribution is -2.42. The molecule has 0 spiro atoms. The number of aryl methyl sites for hydroxylation is 1. The van der Waals surface area contributed by atoms with Gasteiger partial charge in [0.2, 0.25) is 0 Å². The predicted octanol–water partition coefficient (Wildman–Crippen LogP) is 8.78. The minimum Gasteiger partial charge on any atom is -0.487 e. The molecule has 0 radical (unpaired) electrons. The van der Waals surface area contributed by atoms with Crippen LogP contribution < -0.4 is 15.4 Å². The van der Waals surface area contributed by atoms with Crippen LogP contribution in [0.15, 0.2) is 77.3 Å². The maximum absolute atomic E-state index is 14.0. The normalized spacial score (nSPS) is 18.3. The van der Waals surface area contributed by atoms with E-state index in [9.17, 15) is 10.1 Å². The maximum Gasteiger partial charge on any atom is 0.162 e. The van der Waals surface area contributed by atoms with Crippen molar-refractivity contribution < 1.29 is 9.53 Å². The summed E-state index contributed by atoms with van der Waals surface area (Å²) < 4.78 is 6.08. The fourth-order valence-electron chi connectivity index (χ4n) is 5.89. The topological polar surface area (TPSA) is 79.3 Å². The van der Waals surface area contributed by atoms with E-state index >= 15 is 0 Å². The van der Waals surface area contributed by atoms with Crippen LogP contribution in [-0.4, -0.2) is 5.78 Å². The molecule has 2 N–H and O–H groups in total. The van der Waals surface area contributed by atoms with Gasteiger partial charge in [-0.2, -0.15) is 5.26 Å². The van der Waals surface area contributed by atoms with Crippen molar-refractivity contribution in [2.24, 2.45) is 11.1 Å². The van der Waals surface area contributed by atoms with Crippen LogP contribution in [0.1, 0.15) is 54.9 Å². The maximum atomic E-state index is 14.0. The van der Waals surface area contributed by atoms with Crippen molar-refractivity contribution >= 4 is 46.3 Å². The van der Waals surface area contributed by atoms with Crippen molar-refractivity contribution in [3.63, 3.8) is 0 Å². The number of hydrogen-bond donors (Lipinski definition) is 1. The predicted molar refractivity (Wildman–Crippen MR) is 165 cm³/mol. The molecule has 3 aromatic rings. The Hall–Kier alpha value is -3.43. The molecule has 210 valence electrons. The average molecular weight is 607 g/mol. The third-order valence-corrected chi connectivity index (χ3v) is 8.90. The van der Waals surface area contributed by atoms with Crippen LogP contribution in [-0.2, 0) is 11.4 Å². The summed E-state index contributed by atoms with van der Waals surface area (Å²) in [5, 5.41) is 11.7. The lowest BCUT2D eigenvalue weighted by molar-refractivity contribution is -0.118. The van der Waals surface area contributed by atoms with Gasteiger partial charge in [-0.25, -0.2) is 0 Å². The van der Waals surface area contributed by atoms with Crippen LogP contribution in [0.3, 0.4) is 0 Å². The number of nitrogens with zero attached hydrogens (tertiary/aromatic N) is 2. The van der Waals surface area contributed by atoms with Crippen LogP contribution >= 0.6 is 34.8 Å². The van der Waals surface area contributed by atoms with Gasteiger partial charge in [-0.15, -0.1) is 0 Å². The summed E-state index contributed by atoms with van der Waals surface area (Å²) in [4.78, 5) is 15.8. The first kappa shape index (κ1) is 29.1. The molecule has 1 atom stereocenters. The van der Waals surface area contributed by atoms with Gasteiger partial charge in [0.15, 0.2) is 5.78 Å². The van der Waals surface area contributed by atoms with E-state index in [0.29, 0.717) is 50.5 Å². The van der Waals surface area contributed by atoms with Crippen LogP contribution in [0, 0.1) is 30.6 Å². The highest BCUT2D eigenvalue weighted by atomic mass is 35.5. The van der Waals surface area contributed by atoms with E-state index in [0.717, 1.165) is 28.0 Å². The van der Waals surface area contributed by atoms with Crippen LogP contribution in [0.25, 0.3) is 0 Å². The summed E-state index contributed by atoms with van der Waals surface area (Å²) in [5.74, 6) is 0.173. The first-order valence-electron chi connectivity index (χ1n) is 13.3. The highest BCUT2D eigenvalue weighted by molar-refractivity contribution is 6.43. The van der Waals surface area contributed by atoms with Gasteiger partial charge in [0, 0.05) is 17.7 Å². The lowest BCUT2D eigenvalue weighted by Gasteiger charge is -2.44. The van der Waals surface area contributed by atoms with Gasteiger partial charge in [0.1, 0.15) is 18.2 Å². The smallest absolute Gasteiger partial charge is 0.162 e. The molecular weight excluding hydrogens is 577 g/mol. The number of nitriles is 1. The Labute approximate surface area is 255 Å². The minimum absolute atomic E-state index is 0.0144. The molecule has 2 aliphatic rings.